The largest absolute Gasteiger partial charge is 0.497 e. The van der Waals surface area contributed by atoms with Crippen LogP contribution in [0.4, 0.5) is 0 Å². The van der Waals surface area contributed by atoms with Crippen LogP contribution in [0.15, 0.2) is 24.3 Å². The summed E-state index contributed by atoms with van der Waals surface area (Å²) in [5.74, 6) is 1.57. The molecule has 3 atom stereocenters. The topological polar surface area (TPSA) is 54.0 Å². The van der Waals surface area contributed by atoms with E-state index in [2.05, 4.69) is 22.0 Å². The van der Waals surface area contributed by atoms with Crippen molar-refractivity contribution in [3.63, 3.8) is 0 Å². The number of morpholine rings is 1. The number of amides is 1. The second-order valence-corrected chi connectivity index (χ2v) is 9.12. The lowest BCUT2D eigenvalue weighted by molar-refractivity contribution is -0.145. The molecule has 6 heteroatoms. The molecule has 1 aliphatic carbocycles. The Morgan fingerprint density at radius 2 is 1.97 bits per heavy atom. The Morgan fingerprint density at radius 3 is 2.67 bits per heavy atom. The highest BCUT2D eigenvalue weighted by Gasteiger charge is 2.52. The van der Waals surface area contributed by atoms with Gasteiger partial charge in [0.1, 0.15) is 5.75 Å². The van der Waals surface area contributed by atoms with Crippen LogP contribution in [0.3, 0.4) is 0 Å². The molecule has 0 aromatic heterocycles. The number of carbonyl (C=O) groups excluding carboxylic acids is 1. The fourth-order valence-electron chi connectivity index (χ4n) is 5.74. The SMILES string of the molecule is CCN1CC[C@@H]2C[C@@H](N3CCOCC3)CC[C@@]2(C(=O)NCc2ccc(OC)cc2)C1. The molecule has 1 amide bonds. The molecule has 2 saturated heterocycles. The number of piperidine rings is 1. The Morgan fingerprint density at radius 1 is 1.20 bits per heavy atom. The van der Waals surface area contributed by atoms with Crippen LogP contribution < -0.4 is 10.1 Å². The van der Waals surface area contributed by atoms with E-state index in [-0.39, 0.29) is 11.3 Å². The number of ether oxygens (including phenoxy) is 2. The zero-order valence-corrected chi connectivity index (χ0v) is 18.6. The van der Waals surface area contributed by atoms with Gasteiger partial charge in [-0.2, -0.15) is 0 Å². The van der Waals surface area contributed by atoms with Crippen LogP contribution >= 0.6 is 0 Å². The maximum Gasteiger partial charge on any atom is 0.228 e. The van der Waals surface area contributed by atoms with E-state index in [1.165, 1.54) is 0 Å². The van der Waals surface area contributed by atoms with Crippen molar-refractivity contribution in [1.29, 1.82) is 0 Å². The zero-order chi connectivity index (χ0) is 21.0. The van der Waals surface area contributed by atoms with E-state index in [4.69, 9.17) is 9.47 Å². The normalized spacial score (nSPS) is 30.5. The zero-order valence-electron chi connectivity index (χ0n) is 18.6. The Balaban J connectivity index is 1.44. The molecule has 2 heterocycles. The summed E-state index contributed by atoms with van der Waals surface area (Å²) in [6.07, 6.45) is 4.38. The van der Waals surface area contributed by atoms with Crippen molar-refractivity contribution in [3.8, 4) is 5.75 Å². The predicted octanol–water partition coefficient (Wildman–Crippen LogP) is 2.52. The van der Waals surface area contributed by atoms with Gasteiger partial charge in [-0.05, 0) is 62.4 Å². The van der Waals surface area contributed by atoms with E-state index in [1.807, 2.05) is 24.3 Å². The fourth-order valence-corrected chi connectivity index (χ4v) is 5.74. The quantitative estimate of drug-likeness (QED) is 0.774. The summed E-state index contributed by atoms with van der Waals surface area (Å²) in [6, 6.07) is 8.58. The van der Waals surface area contributed by atoms with Crippen LogP contribution in [0.1, 0.15) is 38.2 Å². The van der Waals surface area contributed by atoms with Crippen LogP contribution in [0.25, 0.3) is 0 Å². The number of hydrogen-bond acceptors (Lipinski definition) is 5. The average molecular weight is 416 g/mol. The molecule has 3 aliphatic rings. The highest BCUT2D eigenvalue weighted by atomic mass is 16.5. The van der Waals surface area contributed by atoms with Crippen LogP contribution in [-0.4, -0.2) is 74.8 Å². The van der Waals surface area contributed by atoms with E-state index in [0.717, 1.165) is 82.9 Å². The molecule has 6 nitrogen and oxygen atoms in total. The van der Waals surface area contributed by atoms with Crippen LogP contribution in [0, 0.1) is 11.3 Å². The van der Waals surface area contributed by atoms with Gasteiger partial charge in [0.05, 0.1) is 25.7 Å². The molecule has 166 valence electrons. The summed E-state index contributed by atoms with van der Waals surface area (Å²) < 4.78 is 10.8. The van der Waals surface area contributed by atoms with Gasteiger partial charge in [-0.3, -0.25) is 9.69 Å². The summed E-state index contributed by atoms with van der Waals surface area (Å²) in [6.45, 7) is 9.59. The molecule has 0 radical (unpaired) electrons. The molecule has 30 heavy (non-hydrogen) atoms. The molecule has 0 spiro atoms. The lowest BCUT2D eigenvalue weighted by Gasteiger charge is -2.53. The van der Waals surface area contributed by atoms with Crippen molar-refractivity contribution in [2.24, 2.45) is 11.3 Å². The number of hydrogen-bond donors (Lipinski definition) is 1. The second kappa shape index (κ2) is 9.67. The van der Waals surface area contributed by atoms with E-state index in [9.17, 15) is 4.79 Å². The van der Waals surface area contributed by atoms with Crippen molar-refractivity contribution in [2.45, 2.75) is 45.2 Å². The average Bonchev–Trinajstić information content (AvgIpc) is 2.82. The minimum absolute atomic E-state index is 0.247. The summed E-state index contributed by atoms with van der Waals surface area (Å²) in [5, 5.41) is 3.30. The monoisotopic (exact) mass is 415 g/mol. The van der Waals surface area contributed by atoms with Gasteiger partial charge < -0.3 is 19.7 Å². The van der Waals surface area contributed by atoms with Gasteiger partial charge >= 0.3 is 0 Å². The lowest BCUT2D eigenvalue weighted by atomic mass is 9.61. The molecule has 1 aromatic carbocycles. The van der Waals surface area contributed by atoms with Crippen LogP contribution in [0.2, 0.25) is 0 Å². The highest BCUT2D eigenvalue weighted by molar-refractivity contribution is 5.83. The maximum atomic E-state index is 13.6. The third-order valence-electron chi connectivity index (χ3n) is 7.63. The third kappa shape index (κ3) is 4.51. The number of rotatable bonds is 6. The van der Waals surface area contributed by atoms with Gasteiger partial charge in [-0.15, -0.1) is 0 Å². The maximum absolute atomic E-state index is 13.6. The molecule has 3 fully saturated rings. The van der Waals surface area contributed by atoms with Crippen molar-refractivity contribution in [3.05, 3.63) is 29.8 Å². The molecule has 1 aromatic rings. The molecular formula is C24H37N3O3. The number of nitrogens with one attached hydrogen (secondary N) is 1. The van der Waals surface area contributed by atoms with Gasteiger partial charge in [0.25, 0.3) is 0 Å². The first-order valence-corrected chi connectivity index (χ1v) is 11.6. The number of likely N-dealkylation sites (tertiary alicyclic amines) is 1. The number of fused-ring (bicyclic) bond motifs is 1. The third-order valence-corrected chi connectivity index (χ3v) is 7.63. The van der Waals surface area contributed by atoms with Gasteiger partial charge in [-0.1, -0.05) is 19.1 Å². The molecule has 1 saturated carbocycles. The number of carbonyl (C=O) groups is 1. The van der Waals surface area contributed by atoms with E-state index < -0.39 is 0 Å². The fraction of sp³-hybridized carbons (Fsp3) is 0.708. The lowest BCUT2D eigenvalue weighted by Crippen LogP contribution is -2.60. The number of methoxy groups -OCH3 is 1. The molecule has 0 bridgehead atoms. The first-order chi connectivity index (χ1) is 14.6. The minimum Gasteiger partial charge on any atom is -0.497 e. The van der Waals surface area contributed by atoms with Crippen LogP contribution in [0.5, 0.6) is 5.75 Å². The van der Waals surface area contributed by atoms with E-state index >= 15 is 0 Å². The summed E-state index contributed by atoms with van der Waals surface area (Å²) >= 11 is 0. The standard InChI is InChI=1S/C24H37N3O3/c1-3-26-11-9-20-16-21(27-12-14-30-15-13-27)8-10-24(20,18-26)23(28)25-17-19-4-6-22(29-2)7-5-19/h4-7,20-21H,3,8-18H2,1-2H3,(H,25,28)/t20-,21+,24-/m1/s1. The molecule has 1 N–H and O–H groups in total. The van der Waals surface area contributed by atoms with Crippen molar-refractivity contribution in [1.82, 2.24) is 15.1 Å². The molecular weight excluding hydrogens is 378 g/mol. The Hall–Kier alpha value is -1.63. The van der Waals surface area contributed by atoms with Crippen LogP contribution in [-0.2, 0) is 16.1 Å². The van der Waals surface area contributed by atoms with Gasteiger partial charge in [0, 0.05) is 32.2 Å². The molecule has 0 unspecified atom stereocenters. The highest BCUT2D eigenvalue weighted by Crippen LogP contribution is 2.47. The Labute approximate surface area is 180 Å². The predicted molar refractivity (Wildman–Crippen MR) is 118 cm³/mol. The first-order valence-electron chi connectivity index (χ1n) is 11.6. The van der Waals surface area contributed by atoms with Crippen molar-refractivity contribution < 1.29 is 14.3 Å². The summed E-state index contributed by atoms with van der Waals surface area (Å²) in [4.78, 5) is 18.7. The molecule has 4 rings (SSSR count). The van der Waals surface area contributed by atoms with Gasteiger partial charge in [0.2, 0.25) is 5.91 Å². The van der Waals surface area contributed by atoms with Gasteiger partial charge in [0.15, 0.2) is 0 Å². The smallest absolute Gasteiger partial charge is 0.228 e. The molecule has 2 aliphatic heterocycles. The van der Waals surface area contributed by atoms with E-state index in [1.54, 1.807) is 7.11 Å². The number of nitrogens with zero attached hydrogens (tertiary/aromatic N) is 2. The second-order valence-electron chi connectivity index (χ2n) is 9.12. The van der Waals surface area contributed by atoms with Crippen molar-refractivity contribution >= 4 is 5.91 Å². The summed E-state index contributed by atoms with van der Waals surface area (Å²) in [5.41, 5.74) is 0.867. The first kappa shape index (κ1) is 21.6. The van der Waals surface area contributed by atoms with E-state index in [0.29, 0.717) is 18.5 Å². The van der Waals surface area contributed by atoms with Gasteiger partial charge in [-0.25, -0.2) is 0 Å². The van der Waals surface area contributed by atoms with Crippen molar-refractivity contribution in [2.75, 3.05) is 53.0 Å². The Bertz CT molecular complexity index is 704. The summed E-state index contributed by atoms with van der Waals surface area (Å²) in [7, 11) is 1.67. The number of benzene rings is 1. The minimum atomic E-state index is -0.247. The Kier molecular flexibility index (Phi) is 6.96.